The first-order valence-electron chi connectivity index (χ1n) is 13.2. The van der Waals surface area contributed by atoms with Gasteiger partial charge < -0.3 is 15.8 Å². The lowest BCUT2D eigenvalue weighted by atomic mass is 9.98. The standard InChI is InChI=1S/C33H25BrN4O3S/c34-21-10-16-31(36-18-21)38-32(39)20-9-15-30(29(35)17-20)42-23-13-11-22(12-14-23)37-33(40)41-19-28-26-7-3-1-5-24(26)25-6-2-4-8-27(25)28/h1-18,28H,19,35H2,(H,37,40)(H,36,38,39). The van der Waals surface area contributed by atoms with Crippen LogP contribution in [0.15, 0.2) is 124 Å². The Morgan fingerprint density at radius 1 is 0.857 bits per heavy atom. The molecule has 0 fully saturated rings. The van der Waals surface area contributed by atoms with E-state index in [0.717, 1.165) is 14.3 Å². The Hall–Kier alpha value is -4.60. The fourth-order valence-electron chi connectivity index (χ4n) is 4.91. The first-order valence-corrected chi connectivity index (χ1v) is 14.8. The third-order valence-electron chi connectivity index (χ3n) is 6.91. The van der Waals surface area contributed by atoms with Crippen LogP contribution in [-0.2, 0) is 4.74 Å². The number of hydrogen-bond acceptors (Lipinski definition) is 6. The molecule has 208 valence electrons. The van der Waals surface area contributed by atoms with Crippen molar-refractivity contribution in [1.29, 1.82) is 0 Å². The first kappa shape index (κ1) is 27.6. The average molecular weight is 638 g/mol. The monoisotopic (exact) mass is 636 g/mol. The molecule has 1 heterocycles. The predicted molar refractivity (Wildman–Crippen MR) is 170 cm³/mol. The summed E-state index contributed by atoms with van der Waals surface area (Å²) in [6, 6.07) is 32.6. The van der Waals surface area contributed by atoms with Gasteiger partial charge >= 0.3 is 6.09 Å². The number of hydrogen-bond donors (Lipinski definition) is 3. The number of anilines is 3. The molecule has 0 aliphatic heterocycles. The average Bonchev–Trinajstić information content (AvgIpc) is 3.33. The van der Waals surface area contributed by atoms with Crippen LogP contribution in [0, 0.1) is 0 Å². The molecule has 1 aliphatic carbocycles. The van der Waals surface area contributed by atoms with E-state index in [-0.39, 0.29) is 18.4 Å². The van der Waals surface area contributed by atoms with Crippen molar-refractivity contribution in [2.75, 3.05) is 23.0 Å². The number of aromatic nitrogens is 1. The summed E-state index contributed by atoms with van der Waals surface area (Å²) in [5.41, 5.74) is 12.5. The molecule has 0 saturated carbocycles. The molecule has 0 unspecified atom stereocenters. The minimum absolute atomic E-state index is 0.00211. The van der Waals surface area contributed by atoms with Crippen molar-refractivity contribution >= 4 is 56.9 Å². The number of nitrogens with two attached hydrogens (primary N) is 1. The molecule has 42 heavy (non-hydrogen) atoms. The summed E-state index contributed by atoms with van der Waals surface area (Å²) in [5.74, 6) is 0.158. The van der Waals surface area contributed by atoms with Gasteiger partial charge in [-0.2, -0.15) is 0 Å². The smallest absolute Gasteiger partial charge is 0.411 e. The molecule has 1 aliphatic rings. The van der Waals surface area contributed by atoms with Crippen LogP contribution >= 0.6 is 27.7 Å². The normalized spacial score (nSPS) is 11.8. The zero-order chi connectivity index (χ0) is 29.1. The molecule has 0 saturated heterocycles. The molecule has 0 spiro atoms. The molecule has 9 heteroatoms. The number of nitrogens with one attached hydrogen (secondary N) is 2. The number of carbonyl (C=O) groups is 2. The second-order valence-corrected chi connectivity index (χ2v) is 11.7. The molecule has 7 nitrogen and oxygen atoms in total. The van der Waals surface area contributed by atoms with Gasteiger partial charge in [0.15, 0.2) is 0 Å². The van der Waals surface area contributed by atoms with E-state index in [4.69, 9.17) is 10.5 Å². The quantitative estimate of drug-likeness (QED) is 0.155. The highest BCUT2D eigenvalue weighted by Gasteiger charge is 2.29. The number of nitrogen functional groups attached to an aromatic ring is 1. The molecule has 0 radical (unpaired) electrons. The van der Waals surface area contributed by atoms with Gasteiger partial charge in [-0.05, 0) is 92.8 Å². The molecular formula is C33H25BrN4O3S. The predicted octanol–water partition coefficient (Wildman–Crippen LogP) is 8.19. The lowest BCUT2D eigenvalue weighted by Crippen LogP contribution is -2.17. The van der Waals surface area contributed by atoms with Crippen molar-refractivity contribution in [3.8, 4) is 11.1 Å². The number of rotatable bonds is 7. The molecule has 0 bridgehead atoms. The Morgan fingerprint density at radius 3 is 2.19 bits per heavy atom. The maximum Gasteiger partial charge on any atom is 0.411 e. The summed E-state index contributed by atoms with van der Waals surface area (Å²) in [7, 11) is 0. The van der Waals surface area contributed by atoms with Gasteiger partial charge in [-0.15, -0.1) is 0 Å². The van der Waals surface area contributed by atoms with Gasteiger partial charge in [-0.25, -0.2) is 9.78 Å². The molecule has 4 N–H and O–H groups in total. The lowest BCUT2D eigenvalue weighted by Gasteiger charge is -2.14. The van der Waals surface area contributed by atoms with Crippen LogP contribution in [-0.4, -0.2) is 23.6 Å². The number of fused-ring (bicyclic) bond motifs is 3. The lowest BCUT2D eigenvalue weighted by molar-refractivity contribution is 0.102. The van der Waals surface area contributed by atoms with Crippen molar-refractivity contribution in [3.63, 3.8) is 0 Å². The summed E-state index contributed by atoms with van der Waals surface area (Å²) in [6.07, 6.45) is 1.11. The first-order chi connectivity index (χ1) is 20.4. The molecular weight excluding hydrogens is 612 g/mol. The third kappa shape index (κ3) is 6.02. The minimum atomic E-state index is -0.506. The molecule has 6 rings (SSSR count). The second kappa shape index (κ2) is 12.1. The number of carbonyl (C=O) groups excluding carboxylic acids is 2. The van der Waals surface area contributed by atoms with E-state index in [1.54, 1.807) is 30.5 Å². The van der Waals surface area contributed by atoms with E-state index in [1.807, 2.05) is 54.6 Å². The highest BCUT2D eigenvalue weighted by atomic mass is 79.9. The number of pyridine rings is 1. The van der Waals surface area contributed by atoms with Crippen LogP contribution in [0.2, 0.25) is 0 Å². The minimum Gasteiger partial charge on any atom is -0.448 e. The van der Waals surface area contributed by atoms with E-state index in [1.165, 1.54) is 34.0 Å². The Morgan fingerprint density at radius 2 is 1.55 bits per heavy atom. The van der Waals surface area contributed by atoms with Gasteiger partial charge in [0.05, 0.1) is 0 Å². The van der Waals surface area contributed by atoms with E-state index in [0.29, 0.717) is 22.8 Å². The highest BCUT2D eigenvalue weighted by Crippen LogP contribution is 2.44. The van der Waals surface area contributed by atoms with E-state index in [2.05, 4.69) is 55.8 Å². The number of nitrogens with zero attached hydrogens (tertiary/aromatic N) is 1. The molecule has 0 atom stereocenters. The van der Waals surface area contributed by atoms with Crippen LogP contribution < -0.4 is 16.4 Å². The fourth-order valence-corrected chi connectivity index (χ4v) is 5.98. The summed E-state index contributed by atoms with van der Waals surface area (Å²) in [4.78, 5) is 31.1. The summed E-state index contributed by atoms with van der Waals surface area (Å²) >= 11 is 4.79. The molecule has 4 aromatic carbocycles. The summed E-state index contributed by atoms with van der Waals surface area (Å²) in [6.45, 7) is 0.251. The van der Waals surface area contributed by atoms with Crippen molar-refractivity contribution in [3.05, 3.63) is 130 Å². The van der Waals surface area contributed by atoms with E-state index in [9.17, 15) is 9.59 Å². The van der Waals surface area contributed by atoms with Gasteiger partial charge in [0.25, 0.3) is 5.91 Å². The Labute approximate surface area is 255 Å². The van der Waals surface area contributed by atoms with Crippen LogP contribution in [0.25, 0.3) is 11.1 Å². The van der Waals surface area contributed by atoms with E-state index < -0.39 is 6.09 Å². The number of ether oxygens (including phenoxy) is 1. The number of benzene rings is 4. The molecule has 5 aromatic rings. The Bertz CT molecular complexity index is 1730. The maximum atomic E-state index is 12.6. The Kier molecular flexibility index (Phi) is 7.94. The fraction of sp³-hybridized carbons (Fsp3) is 0.0606. The van der Waals surface area contributed by atoms with Crippen LogP contribution in [0.5, 0.6) is 0 Å². The topological polar surface area (TPSA) is 106 Å². The van der Waals surface area contributed by atoms with Crippen molar-refractivity contribution in [1.82, 2.24) is 4.98 Å². The number of amides is 2. The number of halogens is 1. The van der Waals surface area contributed by atoms with Crippen molar-refractivity contribution in [2.24, 2.45) is 0 Å². The zero-order valence-electron chi connectivity index (χ0n) is 22.2. The van der Waals surface area contributed by atoms with Gasteiger partial charge in [0, 0.05) is 43.3 Å². The largest absolute Gasteiger partial charge is 0.448 e. The van der Waals surface area contributed by atoms with E-state index >= 15 is 0 Å². The molecule has 1 aromatic heterocycles. The third-order valence-corrected chi connectivity index (χ3v) is 8.48. The van der Waals surface area contributed by atoms with Gasteiger partial charge in [-0.1, -0.05) is 60.3 Å². The SMILES string of the molecule is Nc1cc(C(=O)Nc2ccc(Br)cn2)ccc1Sc1ccc(NC(=O)OCC2c3ccccc3-c3ccccc32)cc1. The van der Waals surface area contributed by atoms with Crippen LogP contribution in [0.1, 0.15) is 27.4 Å². The van der Waals surface area contributed by atoms with Crippen molar-refractivity contribution in [2.45, 2.75) is 15.7 Å². The Balaban J connectivity index is 1.04. The van der Waals surface area contributed by atoms with Crippen LogP contribution in [0.4, 0.5) is 22.0 Å². The van der Waals surface area contributed by atoms with Crippen LogP contribution in [0.3, 0.4) is 0 Å². The zero-order valence-corrected chi connectivity index (χ0v) is 24.6. The molecule has 2 amide bonds. The van der Waals surface area contributed by atoms with Gasteiger partial charge in [0.2, 0.25) is 0 Å². The summed E-state index contributed by atoms with van der Waals surface area (Å²) < 4.78 is 6.47. The van der Waals surface area contributed by atoms with Gasteiger partial charge in [0.1, 0.15) is 12.4 Å². The summed E-state index contributed by atoms with van der Waals surface area (Å²) in [5, 5.41) is 5.57. The highest BCUT2D eigenvalue weighted by molar-refractivity contribution is 9.10. The second-order valence-electron chi connectivity index (χ2n) is 9.65. The van der Waals surface area contributed by atoms with Crippen molar-refractivity contribution < 1.29 is 14.3 Å². The van der Waals surface area contributed by atoms with Gasteiger partial charge in [-0.3, -0.25) is 10.1 Å². The maximum absolute atomic E-state index is 12.6.